The van der Waals surface area contributed by atoms with Crippen molar-refractivity contribution in [2.75, 3.05) is 0 Å². The molecular formula is C13H12N3O3Pr-. The molecule has 101 valence electrons. The number of imide groups is 1. The van der Waals surface area contributed by atoms with Gasteiger partial charge in [0.25, 0.3) is 5.91 Å². The van der Waals surface area contributed by atoms with Crippen molar-refractivity contribution in [3.8, 4) is 0 Å². The number of rotatable bonds is 1. The minimum Gasteiger partial charge on any atom is -0.698 e. The summed E-state index contributed by atoms with van der Waals surface area (Å²) in [6, 6.07) is 4.34. The van der Waals surface area contributed by atoms with Crippen LogP contribution < -0.4 is 5.32 Å². The third kappa shape index (κ3) is 2.46. The SMILES string of the molecule is [NH-]c1cccc2c1CN(C1CCC(=O)NC1=O)C2=O.[Pr]. The molecule has 3 amide bonds. The van der Waals surface area contributed by atoms with E-state index in [9.17, 15) is 14.4 Å². The summed E-state index contributed by atoms with van der Waals surface area (Å²) in [5, 5.41) is 2.25. The van der Waals surface area contributed by atoms with Crippen LogP contribution in [0.3, 0.4) is 0 Å². The second-order valence-electron chi connectivity index (χ2n) is 4.73. The smallest absolute Gasteiger partial charge is 0.255 e. The van der Waals surface area contributed by atoms with E-state index >= 15 is 0 Å². The van der Waals surface area contributed by atoms with Gasteiger partial charge in [-0.05, 0) is 18.1 Å². The van der Waals surface area contributed by atoms with E-state index in [4.69, 9.17) is 5.73 Å². The first-order valence-electron chi connectivity index (χ1n) is 6.06. The molecular weight excluding hydrogens is 387 g/mol. The molecule has 0 bridgehead atoms. The van der Waals surface area contributed by atoms with Gasteiger partial charge >= 0.3 is 0 Å². The molecule has 1 fully saturated rings. The fourth-order valence-corrected chi connectivity index (χ4v) is 2.59. The Kier molecular flexibility index (Phi) is 4.44. The Bertz CT molecular complexity index is 603. The Morgan fingerprint density at radius 3 is 2.65 bits per heavy atom. The quantitative estimate of drug-likeness (QED) is 0.718. The van der Waals surface area contributed by atoms with Gasteiger partial charge in [-0.15, -0.1) is 5.69 Å². The molecule has 1 saturated heterocycles. The van der Waals surface area contributed by atoms with Crippen molar-refractivity contribution in [1.82, 2.24) is 10.2 Å². The Balaban J connectivity index is 0.00000147. The van der Waals surface area contributed by atoms with Gasteiger partial charge in [0, 0.05) is 59.8 Å². The zero-order valence-electron chi connectivity index (χ0n) is 10.7. The Labute approximate surface area is 149 Å². The summed E-state index contributed by atoms with van der Waals surface area (Å²) >= 11 is 0. The first-order chi connectivity index (χ1) is 9.08. The number of nitrogens with one attached hydrogen (secondary N) is 2. The van der Waals surface area contributed by atoms with E-state index in [-0.39, 0.29) is 66.1 Å². The average molecular weight is 399 g/mol. The van der Waals surface area contributed by atoms with Crippen molar-refractivity contribution in [1.29, 1.82) is 0 Å². The van der Waals surface area contributed by atoms with Crippen molar-refractivity contribution in [2.45, 2.75) is 25.4 Å². The molecule has 1 radical (unpaired) electrons. The molecule has 1 aromatic rings. The van der Waals surface area contributed by atoms with Crippen LogP contribution in [0.2, 0.25) is 0 Å². The first-order valence-corrected chi connectivity index (χ1v) is 6.06. The van der Waals surface area contributed by atoms with E-state index in [1.807, 2.05) is 0 Å². The molecule has 2 aliphatic rings. The molecule has 3 rings (SSSR count). The summed E-state index contributed by atoms with van der Waals surface area (Å²) in [7, 11) is 0. The number of nitrogens with zero attached hydrogens (tertiary/aromatic N) is 1. The molecule has 0 aliphatic carbocycles. The van der Waals surface area contributed by atoms with Crippen LogP contribution in [0.5, 0.6) is 0 Å². The second kappa shape index (κ2) is 5.78. The van der Waals surface area contributed by atoms with Crippen molar-refractivity contribution >= 4 is 23.4 Å². The average Bonchev–Trinajstić information content (AvgIpc) is 2.69. The summed E-state index contributed by atoms with van der Waals surface area (Å²) < 4.78 is 0. The zero-order chi connectivity index (χ0) is 13.6. The van der Waals surface area contributed by atoms with Crippen LogP contribution in [0.25, 0.3) is 5.73 Å². The molecule has 20 heavy (non-hydrogen) atoms. The van der Waals surface area contributed by atoms with Crippen LogP contribution in [0.15, 0.2) is 18.2 Å². The zero-order valence-corrected chi connectivity index (χ0v) is 14.4. The molecule has 7 heteroatoms. The maximum absolute atomic E-state index is 12.3. The van der Waals surface area contributed by atoms with E-state index < -0.39 is 11.9 Å². The van der Waals surface area contributed by atoms with Crippen molar-refractivity contribution in [3.05, 3.63) is 35.1 Å². The summed E-state index contributed by atoms with van der Waals surface area (Å²) in [4.78, 5) is 36.6. The maximum Gasteiger partial charge on any atom is 0.255 e. The Morgan fingerprint density at radius 1 is 1.25 bits per heavy atom. The number of carbonyl (C=O) groups excluding carboxylic acids is 3. The standard InChI is InChI=1S/C13H12N3O3.Pr/c14-9-3-1-2-7-8(9)6-16(13(7)19)10-4-5-11(17)15-12(10)18;/h1-3,10,14H,4-6H2,(H,15,17,18);/q-1;. The molecule has 2 aliphatic heterocycles. The van der Waals surface area contributed by atoms with Crippen LogP contribution in [-0.4, -0.2) is 28.7 Å². The summed E-state index contributed by atoms with van der Waals surface area (Å²) in [5.41, 5.74) is 9.23. The second-order valence-corrected chi connectivity index (χ2v) is 4.73. The van der Waals surface area contributed by atoms with Gasteiger partial charge in [-0.1, -0.05) is 12.1 Å². The van der Waals surface area contributed by atoms with Crippen LogP contribution in [0, 0.1) is 41.3 Å². The predicted octanol–water partition coefficient (Wildman–Crippen LogP) is 1.13. The monoisotopic (exact) mass is 399 g/mol. The molecule has 6 nitrogen and oxygen atoms in total. The molecule has 0 aromatic heterocycles. The summed E-state index contributed by atoms with van der Waals surface area (Å²) in [6.45, 7) is 0.264. The fourth-order valence-electron chi connectivity index (χ4n) is 2.59. The van der Waals surface area contributed by atoms with Crippen molar-refractivity contribution < 1.29 is 55.7 Å². The Morgan fingerprint density at radius 2 is 2.00 bits per heavy atom. The van der Waals surface area contributed by atoms with Crippen LogP contribution in [-0.2, 0) is 16.1 Å². The number of amides is 3. The number of piperidine rings is 1. The van der Waals surface area contributed by atoms with E-state index in [2.05, 4.69) is 5.32 Å². The molecule has 2 heterocycles. The normalized spacial score (nSPS) is 21.3. The van der Waals surface area contributed by atoms with Gasteiger partial charge in [0.05, 0.1) is 0 Å². The van der Waals surface area contributed by atoms with Gasteiger partial charge in [0.2, 0.25) is 11.8 Å². The fraction of sp³-hybridized carbons (Fsp3) is 0.308. The minimum absolute atomic E-state index is 0. The number of hydrogen-bond donors (Lipinski definition) is 1. The third-order valence-corrected chi connectivity index (χ3v) is 3.58. The van der Waals surface area contributed by atoms with E-state index in [1.54, 1.807) is 18.2 Å². The van der Waals surface area contributed by atoms with Gasteiger partial charge in [0.15, 0.2) is 0 Å². The Hall–Kier alpha value is -1.01. The number of benzene rings is 1. The van der Waals surface area contributed by atoms with E-state index in [0.717, 1.165) is 0 Å². The first kappa shape index (κ1) is 15.4. The van der Waals surface area contributed by atoms with E-state index in [0.29, 0.717) is 23.2 Å². The van der Waals surface area contributed by atoms with Gasteiger partial charge < -0.3 is 10.6 Å². The minimum atomic E-state index is -0.614. The third-order valence-electron chi connectivity index (χ3n) is 3.58. The van der Waals surface area contributed by atoms with Crippen molar-refractivity contribution in [3.63, 3.8) is 0 Å². The molecule has 0 spiro atoms. The van der Waals surface area contributed by atoms with Crippen LogP contribution in [0.4, 0.5) is 5.69 Å². The van der Waals surface area contributed by atoms with Gasteiger partial charge in [0.1, 0.15) is 6.04 Å². The predicted molar refractivity (Wildman–Crippen MR) is 66.5 cm³/mol. The van der Waals surface area contributed by atoms with Crippen LogP contribution >= 0.6 is 0 Å². The van der Waals surface area contributed by atoms with Crippen LogP contribution in [0.1, 0.15) is 28.8 Å². The maximum atomic E-state index is 12.3. The van der Waals surface area contributed by atoms with Gasteiger partial charge in [-0.3, -0.25) is 19.7 Å². The van der Waals surface area contributed by atoms with Crippen molar-refractivity contribution in [2.24, 2.45) is 0 Å². The molecule has 2 N–H and O–H groups in total. The molecule has 1 atom stereocenters. The number of fused-ring (bicyclic) bond motifs is 1. The molecule has 0 saturated carbocycles. The molecule has 1 unspecified atom stereocenters. The van der Waals surface area contributed by atoms with Gasteiger partial charge in [-0.25, -0.2) is 0 Å². The number of carbonyl (C=O) groups is 3. The summed E-state index contributed by atoms with van der Waals surface area (Å²) in [5.74, 6) is -0.964. The van der Waals surface area contributed by atoms with Gasteiger partial charge in [-0.2, -0.15) is 0 Å². The van der Waals surface area contributed by atoms with E-state index in [1.165, 1.54) is 4.90 Å². The molecule has 1 aromatic carbocycles. The number of hydrogen-bond acceptors (Lipinski definition) is 3. The summed E-state index contributed by atoms with van der Waals surface area (Å²) in [6.07, 6.45) is 0.585. The largest absolute Gasteiger partial charge is 0.698 e. The topological polar surface area (TPSA) is 90.3 Å².